The molecule has 2 aromatic rings. The minimum absolute atomic E-state index is 0.0461. The van der Waals surface area contributed by atoms with Crippen LogP contribution < -0.4 is 10.6 Å². The largest absolute Gasteiger partial charge is 0.394 e. The molecule has 1 atom stereocenters. The number of anilines is 2. The molecule has 0 radical (unpaired) electrons. The van der Waals surface area contributed by atoms with Gasteiger partial charge in [0, 0.05) is 7.05 Å². The third kappa shape index (κ3) is 2.14. The van der Waals surface area contributed by atoms with E-state index in [0.29, 0.717) is 11.6 Å². The zero-order chi connectivity index (χ0) is 12.4. The maximum atomic E-state index is 9.14. The highest BCUT2D eigenvalue weighted by Crippen LogP contribution is 2.22. The predicted octanol–water partition coefficient (Wildman–Crippen LogP) is 1.03. The second kappa shape index (κ2) is 4.55. The molecule has 0 aliphatic heterocycles. The summed E-state index contributed by atoms with van der Waals surface area (Å²) in [5, 5.41) is 9.14. The number of fused-ring (bicyclic) bond motifs is 1. The molecule has 1 aromatic heterocycles. The van der Waals surface area contributed by atoms with Crippen molar-refractivity contribution in [2.45, 2.75) is 13.0 Å². The molecule has 0 bridgehead atoms. The van der Waals surface area contributed by atoms with Crippen LogP contribution in [0.1, 0.15) is 6.92 Å². The summed E-state index contributed by atoms with van der Waals surface area (Å²) in [4.78, 5) is 10.6. The number of aliphatic hydroxyl groups is 1. The second-order valence-corrected chi connectivity index (χ2v) is 4.06. The zero-order valence-electron chi connectivity index (χ0n) is 9.96. The predicted molar refractivity (Wildman–Crippen MR) is 68.9 cm³/mol. The Morgan fingerprint density at radius 3 is 2.47 bits per heavy atom. The van der Waals surface area contributed by atoms with E-state index in [1.54, 1.807) is 0 Å². The summed E-state index contributed by atoms with van der Waals surface area (Å²) in [7, 11) is 1.84. The SMILES string of the molecule is CC(CO)N(C)c1nc2ccccc2nc1N. The number of rotatable bonds is 3. The van der Waals surface area contributed by atoms with Crippen molar-refractivity contribution in [3.05, 3.63) is 24.3 Å². The molecular weight excluding hydrogens is 216 g/mol. The van der Waals surface area contributed by atoms with Gasteiger partial charge >= 0.3 is 0 Å². The van der Waals surface area contributed by atoms with Crippen LogP contribution in [0.4, 0.5) is 11.6 Å². The number of aromatic nitrogens is 2. The summed E-state index contributed by atoms with van der Waals surface area (Å²) < 4.78 is 0. The lowest BCUT2D eigenvalue weighted by atomic mass is 10.3. The van der Waals surface area contributed by atoms with Gasteiger partial charge in [-0.1, -0.05) is 12.1 Å². The Labute approximate surface area is 99.9 Å². The second-order valence-electron chi connectivity index (χ2n) is 4.06. The highest BCUT2D eigenvalue weighted by molar-refractivity contribution is 5.79. The number of nitrogens with zero attached hydrogens (tertiary/aromatic N) is 3. The number of aliphatic hydroxyl groups excluding tert-OH is 1. The monoisotopic (exact) mass is 232 g/mol. The van der Waals surface area contributed by atoms with E-state index in [2.05, 4.69) is 9.97 Å². The molecule has 0 fully saturated rings. The van der Waals surface area contributed by atoms with E-state index < -0.39 is 0 Å². The van der Waals surface area contributed by atoms with Crippen molar-refractivity contribution in [2.75, 3.05) is 24.3 Å². The average Bonchev–Trinajstić information content (AvgIpc) is 2.36. The van der Waals surface area contributed by atoms with Crippen molar-refractivity contribution in [1.82, 2.24) is 9.97 Å². The summed E-state index contributed by atoms with van der Waals surface area (Å²) in [5.41, 5.74) is 7.46. The lowest BCUT2D eigenvalue weighted by Gasteiger charge is -2.25. The van der Waals surface area contributed by atoms with Gasteiger partial charge in [0.25, 0.3) is 0 Å². The van der Waals surface area contributed by atoms with Crippen LogP contribution in [0.15, 0.2) is 24.3 Å². The summed E-state index contributed by atoms with van der Waals surface area (Å²) >= 11 is 0. The molecule has 0 spiro atoms. The molecule has 5 heteroatoms. The van der Waals surface area contributed by atoms with Crippen molar-refractivity contribution in [1.29, 1.82) is 0 Å². The van der Waals surface area contributed by atoms with Crippen LogP contribution in [-0.2, 0) is 0 Å². The zero-order valence-corrected chi connectivity index (χ0v) is 9.96. The Bertz CT molecular complexity index is 529. The van der Waals surface area contributed by atoms with Gasteiger partial charge in [0.1, 0.15) is 0 Å². The molecule has 1 heterocycles. The van der Waals surface area contributed by atoms with Crippen LogP contribution in [0.5, 0.6) is 0 Å². The molecule has 0 saturated carbocycles. The first kappa shape index (κ1) is 11.6. The number of likely N-dealkylation sites (N-methyl/N-ethyl adjacent to an activating group) is 1. The van der Waals surface area contributed by atoms with Crippen LogP contribution in [0, 0.1) is 0 Å². The van der Waals surface area contributed by atoms with Gasteiger partial charge in [0.2, 0.25) is 0 Å². The summed E-state index contributed by atoms with van der Waals surface area (Å²) in [6.45, 7) is 1.95. The van der Waals surface area contributed by atoms with E-state index in [-0.39, 0.29) is 12.6 Å². The Balaban J connectivity index is 2.50. The van der Waals surface area contributed by atoms with Crippen LogP contribution in [-0.4, -0.2) is 34.8 Å². The van der Waals surface area contributed by atoms with Crippen molar-refractivity contribution >= 4 is 22.7 Å². The number of hydrogen-bond donors (Lipinski definition) is 2. The number of para-hydroxylation sites is 2. The number of benzene rings is 1. The van der Waals surface area contributed by atoms with Crippen molar-refractivity contribution in [3.8, 4) is 0 Å². The van der Waals surface area contributed by atoms with Gasteiger partial charge in [-0.2, -0.15) is 0 Å². The number of nitrogens with two attached hydrogens (primary N) is 1. The molecule has 17 heavy (non-hydrogen) atoms. The minimum atomic E-state index is -0.0484. The molecule has 0 amide bonds. The van der Waals surface area contributed by atoms with E-state index in [4.69, 9.17) is 10.8 Å². The Morgan fingerprint density at radius 1 is 1.29 bits per heavy atom. The Morgan fingerprint density at radius 2 is 1.88 bits per heavy atom. The highest BCUT2D eigenvalue weighted by atomic mass is 16.3. The molecule has 1 unspecified atom stereocenters. The van der Waals surface area contributed by atoms with Crippen molar-refractivity contribution < 1.29 is 5.11 Å². The normalized spacial score (nSPS) is 12.6. The first-order valence-corrected chi connectivity index (χ1v) is 5.49. The van der Waals surface area contributed by atoms with Crippen LogP contribution in [0.3, 0.4) is 0 Å². The molecule has 90 valence electrons. The summed E-state index contributed by atoms with van der Waals surface area (Å²) in [6.07, 6.45) is 0. The smallest absolute Gasteiger partial charge is 0.172 e. The van der Waals surface area contributed by atoms with Crippen LogP contribution in [0.25, 0.3) is 11.0 Å². The van der Waals surface area contributed by atoms with Gasteiger partial charge in [-0.15, -0.1) is 0 Å². The maximum absolute atomic E-state index is 9.14. The van der Waals surface area contributed by atoms with Gasteiger partial charge in [0.15, 0.2) is 11.6 Å². The molecule has 1 aromatic carbocycles. The number of nitrogen functional groups attached to an aromatic ring is 1. The molecular formula is C12H16N4O. The van der Waals surface area contributed by atoms with Crippen LogP contribution >= 0.6 is 0 Å². The Hall–Kier alpha value is -1.88. The van der Waals surface area contributed by atoms with E-state index in [1.807, 2.05) is 43.1 Å². The quantitative estimate of drug-likeness (QED) is 0.826. The average molecular weight is 232 g/mol. The third-order valence-electron chi connectivity index (χ3n) is 2.84. The minimum Gasteiger partial charge on any atom is -0.394 e. The summed E-state index contributed by atoms with van der Waals surface area (Å²) in [5.74, 6) is 0.983. The van der Waals surface area contributed by atoms with Crippen molar-refractivity contribution in [3.63, 3.8) is 0 Å². The molecule has 5 nitrogen and oxygen atoms in total. The molecule has 2 rings (SSSR count). The molecule has 0 aliphatic rings. The maximum Gasteiger partial charge on any atom is 0.172 e. The standard InChI is InChI=1S/C12H16N4O/c1-8(7-17)16(2)12-11(13)14-9-5-3-4-6-10(9)15-12/h3-6,8,17H,7H2,1-2H3,(H2,13,14). The number of hydrogen-bond acceptors (Lipinski definition) is 5. The van der Waals surface area contributed by atoms with Gasteiger partial charge in [-0.3, -0.25) is 0 Å². The topological polar surface area (TPSA) is 75.3 Å². The van der Waals surface area contributed by atoms with Crippen molar-refractivity contribution in [2.24, 2.45) is 0 Å². The summed E-state index contributed by atoms with van der Waals surface area (Å²) in [6, 6.07) is 7.52. The molecule has 0 aliphatic carbocycles. The van der Waals surface area contributed by atoms with Gasteiger partial charge in [-0.25, -0.2) is 9.97 Å². The van der Waals surface area contributed by atoms with Gasteiger partial charge < -0.3 is 15.7 Å². The Kier molecular flexibility index (Phi) is 3.10. The highest BCUT2D eigenvalue weighted by Gasteiger charge is 2.14. The van der Waals surface area contributed by atoms with E-state index in [9.17, 15) is 0 Å². The first-order chi connectivity index (χ1) is 8.13. The lowest BCUT2D eigenvalue weighted by Crippen LogP contribution is -2.33. The lowest BCUT2D eigenvalue weighted by molar-refractivity contribution is 0.270. The molecule has 3 N–H and O–H groups in total. The fourth-order valence-electron chi connectivity index (χ4n) is 1.60. The molecule has 0 saturated heterocycles. The van der Waals surface area contributed by atoms with Gasteiger partial charge in [-0.05, 0) is 19.1 Å². The van der Waals surface area contributed by atoms with E-state index in [0.717, 1.165) is 11.0 Å². The van der Waals surface area contributed by atoms with E-state index in [1.165, 1.54) is 0 Å². The third-order valence-corrected chi connectivity index (χ3v) is 2.84. The van der Waals surface area contributed by atoms with E-state index >= 15 is 0 Å². The fourth-order valence-corrected chi connectivity index (χ4v) is 1.60. The first-order valence-electron chi connectivity index (χ1n) is 5.49. The fraction of sp³-hybridized carbons (Fsp3) is 0.333. The van der Waals surface area contributed by atoms with Gasteiger partial charge in [0.05, 0.1) is 23.7 Å². The van der Waals surface area contributed by atoms with Crippen LogP contribution in [0.2, 0.25) is 0 Å².